The van der Waals surface area contributed by atoms with Crippen LogP contribution in [0.4, 0.5) is 30.7 Å². The Balaban J connectivity index is 1.79. The molecular weight excluding hydrogens is 597 g/mol. The van der Waals surface area contributed by atoms with Crippen LogP contribution in [0.25, 0.3) is 5.57 Å². The molecule has 0 aromatic heterocycles. The summed E-state index contributed by atoms with van der Waals surface area (Å²) in [5.74, 6) is -4.84. The van der Waals surface area contributed by atoms with E-state index in [2.05, 4.69) is 0 Å². The smallest absolute Gasteiger partial charge is 0.416 e. The Morgan fingerprint density at radius 3 is 2.36 bits per heavy atom. The Morgan fingerprint density at radius 1 is 1.05 bits per heavy atom. The predicted octanol–water partition coefficient (Wildman–Crippen LogP) is 4.84. The minimum Gasteiger partial charge on any atom is -0.493 e. The Morgan fingerprint density at radius 2 is 1.74 bits per heavy atom. The summed E-state index contributed by atoms with van der Waals surface area (Å²) in [5.41, 5.74) is -3.98. The van der Waals surface area contributed by atoms with Gasteiger partial charge in [0, 0.05) is 24.5 Å². The number of alkyl halides is 6. The number of hydrogen-bond donors (Lipinski definition) is 2. The first-order valence-corrected chi connectivity index (χ1v) is 14.6. The van der Waals surface area contributed by atoms with E-state index in [1.807, 2.05) is 0 Å². The summed E-state index contributed by atoms with van der Waals surface area (Å²) in [6.45, 7) is -0.483. The minimum atomic E-state index is -5.33. The zero-order valence-electron chi connectivity index (χ0n) is 22.0. The highest BCUT2D eigenvalue weighted by atomic mass is 32.2. The van der Waals surface area contributed by atoms with Crippen molar-refractivity contribution in [3.05, 3.63) is 70.0 Å². The number of ether oxygens (including phenoxy) is 1. The quantitative estimate of drug-likeness (QED) is 0.249. The number of sulfonamides is 1. The molecule has 0 saturated carbocycles. The summed E-state index contributed by atoms with van der Waals surface area (Å²) in [6, 6.07) is 6.78. The topological polar surface area (TPSA) is 102 Å². The zero-order valence-corrected chi connectivity index (χ0v) is 22.8. The normalized spacial score (nSPS) is 19.4. The summed E-state index contributed by atoms with van der Waals surface area (Å²) in [6.07, 6.45) is -9.87. The van der Waals surface area contributed by atoms with E-state index in [1.165, 1.54) is 12.1 Å². The second-order valence-electron chi connectivity index (χ2n) is 10.1. The number of aryl methyl sites for hydroxylation is 2. The molecule has 228 valence electrons. The number of halogens is 7. The first-order chi connectivity index (χ1) is 19.4. The zero-order chi connectivity index (χ0) is 31.1. The van der Waals surface area contributed by atoms with Crippen LogP contribution in [0, 0.1) is 5.82 Å². The third-order valence-electron chi connectivity index (χ3n) is 7.01. The highest BCUT2D eigenvalue weighted by molar-refractivity contribution is 7.89. The van der Waals surface area contributed by atoms with Crippen LogP contribution in [0.5, 0.6) is 5.75 Å². The standard InChI is InChI=1S/C27H25F7N2O5S/c1-42(39,40)36-24(38)22-19(17-7-6-15-4-2-5-16(15)12-17)14-25(27(32,33)34,35-23(22)37)20-9-8-18(13-21(20)28)41-11-3-10-26(29,30)31/h6-9,12-13H,2-5,10-11,14H2,1H3,(H,35,37)(H,36,38). The van der Waals surface area contributed by atoms with Gasteiger partial charge in [0.15, 0.2) is 5.54 Å². The molecule has 2 amide bonds. The lowest BCUT2D eigenvalue weighted by molar-refractivity contribution is -0.202. The molecule has 42 heavy (non-hydrogen) atoms. The van der Waals surface area contributed by atoms with Crippen LogP contribution in [0.1, 0.15) is 47.9 Å². The van der Waals surface area contributed by atoms with Crippen LogP contribution in [0.15, 0.2) is 42.0 Å². The number of hydrogen-bond acceptors (Lipinski definition) is 5. The van der Waals surface area contributed by atoms with Gasteiger partial charge in [0.1, 0.15) is 17.1 Å². The van der Waals surface area contributed by atoms with E-state index < -0.39 is 88.1 Å². The number of nitrogens with one attached hydrogen (secondary N) is 2. The number of carbonyl (C=O) groups excluding carboxylic acids is 2. The highest BCUT2D eigenvalue weighted by Gasteiger charge is 2.61. The van der Waals surface area contributed by atoms with E-state index in [-0.39, 0.29) is 11.3 Å². The molecular formula is C27H25F7N2O5S. The van der Waals surface area contributed by atoms with Crippen LogP contribution >= 0.6 is 0 Å². The molecule has 0 radical (unpaired) electrons. The SMILES string of the molecule is CS(=O)(=O)NC(=O)C1=C(c2ccc3c(c2)CCC3)CC(c2ccc(OCCCC(F)(F)F)cc2F)(C(F)(F)F)NC1=O. The molecule has 2 aliphatic rings. The molecule has 1 atom stereocenters. The van der Waals surface area contributed by atoms with Gasteiger partial charge in [-0.15, -0.1) is 0 Å². The van der Waals surface area contributed by atoms with Crippen LogP contribution in [0.3, 0.4) is 0 Å². The van der Waals surface area contributed by atoms with Crippen LogP contribution in [0.2, 0.25) is 0 Å². The van der Waals surface area contributed by atoms with Crippen molar-refractivity contribution < 1.29 is 53.5 Å². The first kappa shape index (κ1) is 31.3. The van der Waals surface area contributed by atoms with Crippen LogP contribution < -0.4 is 14.8 Å². The monoisotopic (exact) mass is 622 g/mol. The van der Waals surface area contributed by atoms with Gasteiger partial charge in [-0.05, 0) is 60.1 Å². The van der Waals surface area contributed by atoms with Gasteiger partial charge in [-0.3, -0.25) is 9.59 Å². The Labute approximate surface area is 236 Å². The highest BCUT2D eigenvalue weighted by Crippen LogP contribution is 2.49. The summed E-state index contributed by atoms with van der Waals surface area (Å²) >= 11 is 0. The Bertz CT molecular complexity index is 1550. The molecule has 4 rings (SSSR count). The lowest BCUT2D eigenvalue weighted by Gasteiger charge is -2.41. The average Bonchev–Trinajstić information content (AvgIpc) is 3.32. The van der Waals surface area contributed by atoms with E-state index in [0.717, 1.165) is 30.0 Å². The molecule has 1 heterocycles. The molecule has 2 aromatic rings. The molecule has 0 saturated heterocycles. The maximum absolute atomic E-state index is 15.3. The summed E-state index contributed by atoms with van der Waals surface area (Å²) in [7, 11) is -4.22. The largest absolute Gasteiger partial charge is 0.493 e. The van der Waals surface area contributed by atoms with Crippen molar-refractivity contribution in [2.45, 2.75) is 56.4 Å². The fraction of sp³-hybridized carbons (Fsp3) is 0.407. The fourth-order valence-electron chi connectivity index (χ4n) is 5.14. The summed E-state index contributed by atoms with van der Waals surface area (Å²) < 4.78 is 127. The number of fused-ring (bicyclic) bond motifs is 1. The van der Waals surface area contributed by atoms with E-state index in [1.54, 1.807) is 16.1 Å². The molecule has 0 bridgehead atoms. The van der Waals surface area contributed by atoms with Crippen molar-refractivity contribution >= 4 is 27.4 Å². The molecule has 1 unspecified atom stereocenters. The number of rotatable bonds is 8. The van der Waals surface area contributed by atoms with E-state index in [4.69, 9.17) is 4.74 Å². The lowest BCUT2D eigenvalue weighted by atomic mass is 9.76. The van der Waals surface area contributed by atoms with Crippen molar-refractivity contribution in [2.24, 2.45) is 0 Å². The van der Waals surface area contributed by atoms with Gasteiger partial charge in [0.2, 0.25) is 10.0 Å². The van der Waals surface area contributed by atoms with Gasteiger partial charge in [0.05, 0.1) is 12.9 Å². The van der Waals surface area contributed by atoms with Crippen molar-refractivity contribution in [3.8, 4) is 5.75 Å². The third-order valence-corrected chi connectivity index (χ3v) is 7.56. The predicted molar refractivity (Wildman–Crippen MR) is 136 cm³/mol. The lowest BCUT2D eigenvalue weighted by Crippen LogP contribution is -2.60. The van der Waals surface area contributed by atoms with Gasteiger partial charge in [0.25, 0.3) is 11.8 Å². The maximum atomic E-state index is 15.3. The molecule has 1 aliphatic carbocycles. The molecule has 15 heteroatoms. The van der Waals surface area contributed by atoms with Crippen molar-refractivity contribution in [1.29, 1.82) is 0 Å². The van der Waals surface area contributed by atoms with Crippen molar-refractivity contribution in [2.75, 3.05) is 12.9 Å². The molecule has 2 N–H and O–H groups in total. The second-order valence-corrected chi connectivity index (χ2v) is 11.9. The van der Waals surface area contributed by atoms with E-state index in [9.17, 15) is 44.3 Å². The first-order valence-electron chi connectivity index (χ1n) is 12.7. The van der Waals surface area contributed by atoms with Crippen LogP contribution in [-0.2, 0) is 38.0 Å². The van der Waals surface area contributed by atoms with E-state index >= 15 is 4.39 Å². The van der Waals surface area contributed by atoms with Gasteiger partial charge in [-0.2, -0.15) is 26.3 Å². The maximum Gasteiger partial charge on any atom is 0.416 e. The summed E-state index contributed by atoms with van der Waals surface area (Å²) in [4.78, 5) is 26.1. The van der Waals surface area contributed by atoms with Crippen LogP contribution in [-0.4, -0.2) is 45.4 Å². The van der Waals surface area contributed by atoms with Gasteiger partial charge < -0.3 is 10.1 Å². The average molecular weight is 623 g/mol. The summed E-state index contributed by atoms with van der Waals surface area (Å²) in [5, 5.41) is 1.70. The Kier molecular flexibility index (Phi) is 8.37. The Hall–Kier alpha value is -3.62. The van der Waals surface area contributed by atoms with Gasteiger partial charge >= 0.3 is 12.4 Å². The molecule has 7 nitrogen and oxygen atoms in total. The van der Waals surface area contributed by atoms with Crippen molar-refractivity contribution in [1.82, 2.24) is 10.0 Å². The molecule has 1 aliphatic heterocycles. The molecule has 0 spiro atoms. The van der Waals surface area contributed by atoms with Crippen molar-refractivity contribution in [3.63, 3.8) is 0 Å². The number of amides is 2. The van der Waals surface area contributed by atoms with E-state index in [0.29, 0.717) is 24.8 Å². The second kappa shape index (κ2) is 11.2. The van der Waals surface area contributed by atoms with Gasteiger partial charge in [-0.1, -0.05) is 18.2 Å². The fourth-order valence-corrected chi connectivity index (χ4v) is 5.58. The third kappa shape index (κ3) is 6.71. The van der Waals surface area contributed by atoms with Gasteiger partial charge in [-0.25, -0.2) is 17.5 Å². The molecule has 2 aromatic carbocycles. The number of benzene rings is 2. The molecule has 0 fully saturated rings. The number of carbonyl (C=O) groups is 2. The minimum absolute atomic E-state index is 0.0582.